The van der Waals surface area contributed by atoms with Gasteiger partial charge in [0.15, 0.2) is 0 Å². The van der Waals surface area contributed by atoms with E-state index in [0.717, 1.165) is 11.5 Å². The number of methoxy groups -OCH3 is 2. The molecule has 134 valence electrons. The average Bonchev–Trinajstić information content (AvgIpc) is 2.67. The van der Waals surface area contributed by atoms with E-state index in [1.807, 2.05) is 12.1 Å². The third-order valence-electron chi connectivity index (χ3n) is 4.82. The van der Waals surface area contributed by atoms with Crippen molar-refractivity contribution in [2.45, 2.75) is 26.7 Å². The van der Waals surface area contributed by atoms with E-state index in [1.165, 1.54) is 33.4 Å². The van der Waals surface area contributed by atoms with Crippen molar-refractivity contribution in [1.29, 1.82) is 0 Å². The molecule has 26 heavy (non-hydrogen) atoms. The summed E-state index contributed by atoms with van der Waals surface area (Å²) in [7, 11) is 3.43. The van der Waals surface area contributed by atoms with Gasteiger partial charge in [-0.1, -0.05) is 50.2 Å². The number of hydrogen-bond donors (Lipinski definition) is 0. The van der Waals surface area contributed by atoms with E-state index in [4.69, 9.17) is 9.47 Å². The second kappa shape index (κ2) is 7.65. The first-order valence-corrected chi connectivity index (χ1v) is 8.97. The molecule has 3 rings (SSSR count). The van der Waals surface area contributed by atoms with Crippen molar-refractivity contribution in [3.63, 3.8) is 0 Å². The molecular formula is C24H26O2. The van der Waals surface area contributed by atoms with E-state index < -0.39 is 0 Å². The largest absolute Gasteiger partial charge is 0.497 e. The minimum Gasteiger partial charge on any atom is -0.497 e. The highest BCUT2D eigenvalue weighted by Crippen LogP contribution is 2.35. The Morgan fingerprint density at radius 1 is 0.692 bits per heavy atom. The van der Waals surface area contributed by atoms with Crippen LogP contribution in [-0.4, -0.2) is 14.2 Å². The van der Waals surface area contributed by atoms with Gasteiger partial charge in [-0.05, 0) is 70.5 Å². The molecule has 3 aromatic carbocycles. The van der Waals surface area contributed by atoms with Gasteiger partial charge in [-0.2, -0.15) is 0 Å². The lowest BCUT2D eigenvalue weighted by atomic mass is 9.92. The van der Waals surface area contributed by atoms with Gasteiger partial charge in [0.25, 0.3) is 0 Å². The normalized spacial score (nSPS) is 10.8. The molecule has 0 saturated heterocycles. The molecule has 0 fully saturated rings. The fourth-order valence-electron chi connectivity index (χ4n) is 3.26. The Hall–Kier alpha value is -2.74. The lowest BCUT2D eigenvalue weighted by Gasteiger charge is -2.16. The van der Waals surface area contributed by atoms with Crippen molar-refractivity contribution in [2.24, 2.45) is 0 Å². The number of hydrogen-bond acceptors (Lipinski definition) is 2. The molecule has 0 saturated carbocycles. The number of benzene rings is 3. The number of aryl methyl sites for hydroxylation is 1. The van der Waals surface area contributed by atoms with Crippen LogP contribution in [0.2, 0.25) is 0 Å². The highest BCUT2D eigenvalue weighted by atomic mass is 16.5. The molecule has 0 aliphatic carbocycles. The molecule has 0 radical (unpaired) electrons. The van der Waals surface area contributed by atoms with Crippen molar-refractivity contribution in [3.05, 3.63) is 71.8 Å². The Balaban J connectivity index is 1.96. The van der Waals surface area contributed by atoms with Crippen LogP contribution in [0.1, 0.15) is 30.9 Å². The Kier molecular flexibility index (Phi) is 5.32. The van der Waals surface area contributed by atoms with Crippen LogP contribution in [0.15, 0.2) is 60.7 Å². The summed E-state index contributed by atoms with van der Waals surface area (Å²) in [5, 5.41) is 0. The SMILES string of the molecule is COc1ccc(-c2ccc(-c3cc(C(C)C)c(OC)cc3C)cc2)cc1. The van der Waals surface area contributed by atoms with E-state index in [2.05, 4.69) is 69.3 Å². The molecule has 0 N–H and O–H groups in total. The van der Waals surface area contributed by atoms with Crippen molar-refractivity contribution in [3.8, 4) is 33.8 Å². The van der Waals surface area contributed by atoms with Crippen LogP contribution in [0.3, 0.4) is 0 Å². The second-order valence-corrected chi connectivity index (χ2v) is 6.87. The summed E-state index contributed by atoms with van der Waals surface area (Å²) in [5.74, 6) is 2.26. The average molecular weight is 346 g/mol. The Morgan fingerprint density at radius 2 is 1.23 bits per heavy atom. The van der Waals surface area contributed by atoms with Crippen molar-refractivity contribution in [1.82, 2.24) is 0 Å². The van der Waals surface area contributed by atoms with Crippen LogP contribution < -0.4 is 9.47 Å². The van der Waals surface area contributed by atoms with E-state index in [9.17, 15) is 0 Å². The van der Waals surface area contributed by atoms with Gasteiger partial charge in [0.2, 0.25) is 0 Å². The lowest BCUT2D eigenvalue weighted by Crippen LogP contribution is -1.97. The van der Waals surface area contributed by atoms with Gasteiger partial charge in [-0.25, -0.2) is 0 Å². The van der Waals surface area contributed by atoms with Gasteiger partial charge < -0.3 is 9.47 Å². The van der Waals surface area contributed by atoms with Crippen LogP contribution in [-0.2, 0) is 0 Å². The van der Waals surface area contributed by atoms with E-state index >= 15 is 0 Å². The number of rotatable bonds is 5. The summed E-state index contributed by atoms with van der Waals surface area (Å²) in [5.41, 5.74) is 7.34. The Bertz CT molecular complexity index is 875. The first-order valence-electron chi connectivity index (χ1n) is 8.97. The van der Waals surface area contributed by atoms with Gasteiger partial charge in [-0.15, -0.1) is 0 Å². The lowest BCUT2D eigenvalue weighted by molar-refractivity contribution is 0.407. The first-order chi connectivity index (χ1) is 12.5. The zero-order valence-corrected chi connectivity index (χ0v) is 16.2. The molecule has 2 nitrogen and oxygen atoms in total. The van der Waals surface area contributed by atoms with E-state index in [1.54, 1.807) is 14.2 Å². The molecule has 0 heterocycles. The smallest absolute Gasteiger partial charge is 0.122 e. The van der Waals surface area contributed by atoms with Gasteiger partial charge in [0.05, 0.1) is 14.2 Å². The summed E-state index contributed by atoms with van der Waals surface area (Å²) >= 11 is 0. The Labute approximate surface area is 156 Å². The molecule has 0 unspecified atom stereocenters. The predicted octanol–water partition coefficient (Wildman–Crippen LogP) is 6.47. The summed E-state index contributed by atoms with van der Waals surface area (Å²) in [6.45, 7) is 6.53. The minimum atomic E-state index is 0.419. The topological polar surface area (TPSA) is 18.5 Å². The molecule has 0 amide bonds. The molecule has 0 bridgehead atoms. The first kappa shape index (κ1) is 18.1. The maximum Gasteiger partial charge on any atom is 0.122 e. The zero-order valence-electron chi connectivity index (χ0n) is 16.2. The molecule has 0 spiro atoms. The molecule has 0 aliphatic heterocycles. The molecular weight excluding hydrogens is 320 g/mol. The standard InChI is InChI=1S/C24H26O2/c1-16(2)22-15-23(17(3)14-24(22)26-5)20-8-6-18(7-9-20)19-10-12-21(25-4)13-11-19/h6-16H,1-5H3. The van der Waals surface area contributed by atoms with Crippen molar-refractivity contribution in [2.75, 3.05) is 14.2 Å². The third-order valence-corrected chi connectivity index (χ3v) is 4.82. The van der Waals surface area contributed by atoms with Gasteiger partial charge >= 0.3 is 0 Å². The maximum absolute atomic E-state index is 5.56. The Morgan fingerprint density at radius 3 is 1.73 bits per heavy atom. The van der Waals surface area contributed by atoms with Crippen LogP contribution in [0.5, 0.6) is 11.5 Å². The highest BCUT2D eigenvalue weighted by Gasteiger charge is 2.12. The van der Waals surface area contributed by atoms with Gasteiger partial charge in [-0.3, -0.25) is 0 Å². The number of ether oxygens (including phenoxy) is 2. The summed E-state index contributed by atoms with van der Waals surface area (Å²) in [4.78, 5) is 0. The molecule has 3 aromatic rings. The fourth-order valence-corrected chi connectivity index (χ4v) is 3.26. The van der Waals surface area contributed by atoms with Crippen LogP contribution in [0.25, 0.3) is 22.3 Å². The predicted molar refractivity (Wildman–Crippen MR) is 109 cm³/mol. The molecule has 0 atom stereocenters. The molecule has 2 heteroatoms. The van der Waals surface area contributed by atoms with Crippen molar-refractivity contribution >= 4 is 0 Å². The highest BCUT2D eigenvalue weighted by molar-refractivity contribution is 5.74. The maximum atomic E-state index is 5.56. The van der Waals surface area contributed by atoms with Gasteiger partial charge in [0, 0.05) is 0 Å². The third kappa shape index (κ3) is 3.60. The van der Waals surface area contributed by atoms with E-state index in [-0.39, 0.29) is 0 Å². The quantitative estimate of drug-likeness (QED) is 0.527. The monoisotopic (exact) mass is 346 g/mol. The second-order valence-electron chi connectivity index (χ2n) is 6.87. The van der Waals surface area contributed by atoms with E-state index in [0.29, 0.717) is 5.92 Å². The molecule has 0 aliphatic rings. The summed E-state index contributed by atoms with van der Waals surface area (Å²) in [6.07, 6.45) is 0. The zero-order chi connectivity index (χ0) is 18.7. The minimum absolute atomic E-state index is 0.419. The van der Waals surface area contributed by atoms with Crippen molar-refractivity contribution < 1.29 is 9.47 Å². The van der Waals surface area contributed by atoms with Gasteiger partial charge in [0.1, 0.15) is 11.5 Å². The van der Waals surface area contributed by atoms with Crippen LogP contribution >= 0.6 is 0 Å². The van der Waals surface area contributed by atoms with Crippen LogP contribution in [0, 0.1) is 6.92 Å². The summed E-state index contributed by atoms with van der Waals surface area (Å²) in [6, 6.07) is 21.3. The summed E-state index contributed by atoms with van der Waals surface area (Å²) < 4.78 is 10.8. The fraction of sp³-hybridized carbons (Fsp3) is 0.250. The van der Waals surface area contributed by atoms with Crippen LogP contribution in [0.4, 0.5) is 0 Å². The molecule has 0 aromatic heterocycles.